The van der Waals surface area contributed by atoms with E-state index in [1.165, 1.54) is 7.11 Å². The summed E-state index contributed by atoms with van der Waals surface area (Å²) >= 11 is 0. The molecule has 1 spiro atoms. The zero-order chi connectivity index (χ0) is 12.8. The van der Waals surface area contributed by atoms with Gasteiger partial charge in [-0.3, -0.25) is 0 Å². The molecular formula is C13H22O4. The molecule has 2 aliphatic rings. The molecule has 0 aromatic carbocycles. The lowest BCUT2D eigenvalue weighted by Gasteiger charge is -2.32. The lowest BCUT2D eigenvalue weighted by atomic mass is 9.76. The Morgan fingerprint density at radius 2 is 1.82 bits per heavy atom. The number of carbonyl (C=O) groups excluding carboxylic acids is 1. The van der Waals surface area contributed by atoms with Crippen LogP contribution in [0.5, 0.6) is 0 Å². The fourth-order valence-electron chi connectivity index (χ4n) is 3.43. The van der Waals surface area contributed by atoms with E-state index in [1.807, 2.05) is 27.7 Å². The largest absolute Gasteiger partial charge is 0.467 e. The van der Waals surface area contributed by atoms with E-state index in [0.29, 0.717) is 0 Å². The lowest BCUT2D eigenvalue weighted by molar-refractivity contribution is -0.149. The summed E-state index contributed by atoms with van der Waals surface area (Å²) in [5.74, 6) is -0.124. The number of ether oxygens (including phenoxy) is 3. The van der Waals surface area contributed by atoms with E-state index in [0.717, 1.165) is 12.8 Å². The Bertz CT molecular complexity index is 315. The number of hydrogen-bond acceptors (Lipinski definition) is 4. The molecule has 0 N–H and O–H groups in total. The molecule has 0 aliphatic carbocycles. The molecule has 2 rings (SSSR count). The Labute approximate surface area is 103 Å². The molecule has 17 heavy (non-hydrogen) atoms. The van der Waals surface area contributed by atoms with Gasteiger partial charge in [0.1, 0.15) is 5.60 Å². The van der Waals surface area contributed by atoms with Gasteiger partial charge in [0.25, 0.3) is 0 Å². The minimum Gasteiger partial charge on any atom is -0.467 e. The van der Waals surface area contributed by atoms with Crippen LogP contribution in [0.3, 0.4) is 0 Å². The normalized spacial score (nSPS) is 45.1. The van der Waals surface area contributed by atoms with Gasteiger partial charge in [0.2, 0.25) is 0 Å². The number of esters is 1. The van der Waals surface area contributed by atoms with Crippen molar-refractivity contribution in [2.24, 2.45) is 5.92 Å². The maximum absolute atomic E-state index is 12.0. The van der Waals surface area contributed by atoms with Gasteiger partial charge >= 0.3 is 5.97 Å². The van der Waals surface area contributed by atoms with Crippen molar-refractivity contribution in [1.82, 2.24) is 0 Å². The average molecular weight is 242 g/mol. The molecule has 0 aromatic heterocycles. The van der Waals surface area contributed by atoms with Crippen molar-refractivity contribution in [3.05, 3.63) is 0 Å². The van der Waals surface area contributed by atoms with Crippen LogP contribution in [-0.4, -0.2) is 36.5 Å². The molecule has 0 aromatic rings. The van der Waals surface area contributed by atoms with Crippen LogP contribution in [0, 0.1) is 5.92 Å². The standard InChI is InChI=1S/C13H22O4/c1-8(2)13(11(14)15-5)12(17-13)6-9(3)16-10(4)7-12/h8-10H,6-7H2,1-5H3. The fourth-order valence-corrected chi connectivity index (χ4v) is 3.43. The molecule has 3 unspecified atom stereocenters. The third kappa shape index (κ3) is 1.69. The van der Waals surface area contributed by atoms with Crippen LogP contribution in [0.25, 0.3) is 0 Å². The average Bonchev–Trinajstić information content (AvgIpc) is 2.84. The van der Waals surface area contributed by atoms with Crippen LogP contribution in [-0.2, 0) is 19.0 Å². The Balaban J connectivity index is 2.26. The van der Waals surface area contributed by atoms with E-state index >= 15 is 0 Å². The highest BCUT2D eigenvalue weighted by molar-refractivity contribution is 5.85. The second-order valence-electron chi connectivity index (χ2n) is 5.64. The van der Waals surface area contributed by atoms with E-state index < -0.39 is 5.60 Å². The molecule has 0 bridgehead atoms. The molecule has 2 heterocycles. The van der Waals surface area contributed by atoms with Gasteiger partial charge in [0, 0.05) is 12.8 Å². The molecule has 2 saturated heterocycles. The SMILES string of the molecule is COC(=O)C1(C(C)C)OC12CC(C)OC(C)C2. The molecule has 0 saturated carbocycles. The molecule has 4 nitrogen and oxygen atoms in total. The van der Waals surface area contributed by atoms with Gasteiger partial charge in [-0.25, -0.2) is 4.79 Å². The fraction of sp³-hybridized carbons (Fsp3) is 0.923. The van der Waals surface area contributed by atoms with Gasteiger partial charge in [0.15, 0.2) is 5.60 Å². The first-order chi connectivity index (χ1) is 7.88. The summed E-state index contributed by atoms with van der Waals surface area (Å²) in [6.07, 6.45) is 1.79. The molecule has 3 atom stereocenters. The van der Waals surface area contributed by atoms with Crippen molar-refractivity contribution in [3.63, 3.8) is 0 Å². The van der Waals surface area contributed by atoms with Crippen molar-refractivity contribution in [2.75, 3.05) is 7.11 Å². The van der Waals surface area contributed by atoms with E-state index in [4.69, 9.17) is 14.2 Å². The Hall–Kier alpha value is -0.610. The molecule has 2 aliphatic heterocycles. The van der Waals surface area contributed by atoms with Crippen LogP contribution in [0.15, 0.2) is 0 Å². The summed E-state index contributed by atoms with van der Waals surface area (Å²) in [6.45, 7) is 8.08. The van der Waals surface area contributed by atoms with Crippen molar-refractivity contribution in [2.45, 2.75) is 63.9 Å². The van der Waals surface area contributed by atoms with Gasteiger partial charge < -0.3 is 14.2 Å². The third-order valence-corrected chi connectivity index (χ3v) is 3.99. The minimum absolute atomic E-state index is 0.118. The molecule has 2 fully saturated rings. The lowest BCUT2D eigenvalue weighted by Crippen LogP contribution is -2.46. The molecule has 4 heteroatoms. The molecule has 0 amide bonds. The highest BCUT2D eigenvalue weighted by Crippen LogP contribution is 2.60. The summed E-state index contributed by atoms with van der Waals surface area (Å²) < 4.78 is 16.6. The van der Waals surface area contributed by atoms with Crippen molar-refractivity contribution in [1.29, 1.82) is 0 Å². The van der Waals surface area contributed by atoms with Crippen LogP contribution < -0.4 is 0 Å². The zero-order valence-corrected chi connectivity index (χ0v) is 11.3. The molecule has 0 radical (unpaired) electrons. The monoisotopic (exact) mass is 242 g/mol. The zero-order valence-electron chi connectivity index (χ0n) is 11.3. The van der Waals surface area contributed by atoms with Gasteiger partial charge in [-0.2, -0.15) is 0 Å². The summed E-state index contributed by atoms with van der Waals surface area (Å²) in [5.41, 5.74) is -1.13. The second kappa shape index (κ2) is 3.95. The first kappa shape index (κ1) is 12.8. The number of epoxide rings is 1. The maximum atomic E-state index is 12.0. The summed E-state index contributed by atoms with van der Waals surface area (Å²) in [7, 11) is 1.42. The van der Waals surface area contributed by atoms with E-state index in [2.05, 4.69) is 0 Å². The number of methoxy groups -OCH3 is 1. The highest BCUT2D eigenvalue weighted by Gasteiger charge is 2.77. The van der Waals surface area contributed by atoms with Crippen LogP contribution >= 0.6 is 0 Å². The van der Waals surface area contributed by atoms with Crippen LogP contribution in [0.4, 0.5) is 0 Å². The summed E-state index contributed by atoms with van der Waals surface area (Å²) in [5, 5.41) is 0. The van der Waals surface area contributed by atoms with Crippen molar-refractivity contribution >= 4 is 5.97 Å². The van der Waals surface area contributed by atoms with Crippen molar-refractivity contribution in [3.8, 4) is 0 Å². The van der Waals surface area contributed by atoms with Crippen LogP contribution in [0.1, 0.15) is 40.5 Å². The number of hydrogen-bond donors (Lipinski definition) is 0. The third-order valence-electron chi connectivity index (χ3n) is 3.99. The number of carbonyl (C=O) groups is 1. The second-order valence-corrected chi connectivity index (χ2v) is 5.64. The Kier molecular flexibility index (Phi) is 2.99. The predicted octanol–water partition coefficient (Wildman–Crippen LogP) is 1.91. The molecular weight excluding hydrogens is 220 g/mol. The van der Waals surface area contributed by atoms with E-state index in [1.54, 1.807) is 0 Å². The van der Waals surface area contributed by atoms with Crippen LogP contribution in [0.2, 0.25) is 0 Å². The van der Waals surface area contributed by atoms with Gasteiger partial charge in [-0.15, -0.1) is 0 Å². The van der Waals surface area contributed by atoms with Crippen molar-refractivity contribution < 1.29 is 19.0 Å². The summed E-state index contributed by atoms with van der Waals surface area (Å²) in [6, 6.07) is 0. The summed E-state index contributed by atoms with van der Waals surface area (Å²) in [4.78, 5) is 12.0. The quantitative estimate of drug-likeness (QED) is 0.548. The number of rotatable bonds is 2. The first-order valence-corrected chi connectivity index (χ1v) is 6.32. The maximum Gasteiger partial charge on any atom is 0.341 e. The minimum atomic E-state index is -0.756. The predicted molar refractivity (Wildman–Crippen MR) is 62.6 cm³/mol. The Morgan fingerprint density at radius 3 is 2.24 bits per heavy atom. The molecule has 98 valence electrons. The Morgan fingerprint density at radius 1 is 1.29 bits per heavy atom. The topological polar surface area (TPSA) is 48.1 Å². The first-order valence-electron chi connectivity index (χ1n) is 6.32. The van der Waals surface area contributed by atoms with E-state index in [-0.39, 0.29) is 29.7 Å². The van der Waals surface area contributed by atoms with Gasteiger partial charge in [-0.05, 0) is 19.8 Å². The van der Waals surface area contributed by atoms with Gasteiger partial charge in [0.05, 0.1) is 19.3 Å². The van der Waals surface area contributed by atoms with E-state index in [9.17, 15) is 4.79 Å². The smallest absolute Gasteiger partial charge is 0.341 e. The highest BCUT2D eigenvalue weighted by atomic mass is 16.7. The van der Waals surface area contributed by atoms with Gasteiger partial charge in [-0.1, -0.05) is 13.8 Å².